The van der Waals surface area contributed by atoms with Crippen LogP contribution >= 0.6 is 0 Å². The standard InChI is InChI=1S/C24H27N5O.C20H18FN5O/c1-4-7-22(28(2)3)21-10-6-9-20(27-21)17-12-13-18-15-25-29(23(18)14-17)24-11-5-8-19(16-30)26-24;1-12(22)17-3-2-4-18(25-17)13-5-6-14-10-23-26(19(14)9-13)20-16(21)8-7-15(11-27)24-20/h5-6,8-15,22,30H,4,7,16H2,1-3H3;2-10,12,27H,11,22H2,1H3. The molecule has 0 aliphatic heterocycles. The fourth-order valence-electron chi connectivity index (χ4n) is 6.69. The van der Waals surface area contributed by atoms with Gasteiger partial charge in [0.15, 0.2) is 17.5 Å². The molecule has 13 heteroatoms. The topological polar surface area (TPSA) is 157 Å². The van der Waals surface area contributed by atoms with Crippen LogP contribution in [-0.4, -0.2) is 68.7 Å². The van der Waals surface area contributed by atoms with Crippen molar-refractivity contribution in [3.63, 3.8) is 0 Å². The van der Waals surface area contributed by atoms with Gasteiger partial charge in [-0.3, -0.25) is 9.97 Å². The van der Waals surface area contributed by atoms with Crippen LogP contribution in [-0.2, 0) is 13.2 Å². The maximum absolute atomic E-state index is 14.3. The number of benzene rings is 2. The van der Waals surface area contributed by atoms with Crippen molar-refractivity contribution in [3.8, 4) is 34.2 Å². The van der Waals surface area contributed by atoms with Crippen molar-refractivity contribution in [2.45, 2.75) is 52.0 Å². The summed E-state index contributed by atoms with van der Waals surface area (Å²) >= 11 is 0. The molecule has 0 aliphatic carbocycles. The van der Waals surface area contributed by atoms with Gasteiger partial charge in [-0.1, -0.05) is 55.8 Å². The Bertz CT molecular complexity index is 2640. The minimum Gasteiger partial charge on any atom is -0.390 e. The molecule has 0 radical (unpaired) electrons. The molecule has 2 unspecified atom stereocenters. The van der Waals surface area contributed by atoms with E-state index < -0.39 is 5.82 Å². The maximum atomic E-state index is 14.3. The first-order valence-electron chi connectivity index (χ1n) is 18.8. The lowest BCUT2D eigenvalue weighted by Crippen LogP contribution is -2.20. The third kappa shape index (κ3) is 8.47. The van der Waals surface area contributed by atoms with Crippen LogP contribution < -0.4 is 5.73 Å². The number of aliphatic hydroxyl groups excluding tert-OH is 2. The Morgan fingerprint density at radius 1 is 0.684 bits per heavy atom. The first-order chi connectivity index (χ1) is 27.7. The van der Waals surface area contributed by atoms with Crippen LogP contribution in [0.15, 0.2) is 116 Å². The van der Waals surface area contributed by atoms with Crippen LogP contribution in [0.4, 0.5) is 4.39 Å². The number of nitrogens with zero attached hydrogens (tertiary/aromatic N) is 9. The van der Waals surface area contributed by atoms with Crippen molar-refractivity contribution in [1.29, 1.82) is 0 Å². The minimum atomic E-state index is -0.514. The molecule has 0 saturated heterocycles. The normalized spacial score (nSPS) is 12.5. The first kappa shape index (κ1) is 39.0. The summed E-state index contributed by atoms with van der Waals surface area (Å²) in [6.07, 6.45) is 5.67. The van der Waals surface area contributed by atoms with E-state index in [2.05, 4.69) is 87.5 Å². The molecule has 0 amide bonds. The lowest BCUT2D eigenvalue weighted by atomic mass is 10.0. The molecule has 0 fully saturated rings. The monoisotopic (exact) mass is 764 g/mol. The van der Waals surface area contributed by atoms with Gasteiger partial charge in [-0.15, -0.1) is 0 Å². The second-order valence-electron chi connectivity index (χ2n) is 14.0. The Labute approximate surface area is 330 Å². The van der Waals surface area contributed by atoms with Gasteiger partial charge < -0.3 is 20.8 Å². The van der Waals surface area contributed by atoms with Crippen LogP contribution in [0, 0.1) is 5.82 Å². The van der Waals surface area contributed by atoms with Gasteiger partial charge in [0.2, 0.25) is 0 Å². The zero-order chi connectivity index (χ0) is 40.1. The van der Waals surface area contributed by atoms with Crippen molar-refractivity contribution in [2.24, 2.45) is 5.73 Å². The van der Waals surface area contributed by atoms with Crippen molar-refractivity contribution < 1.29 is 14.6 Å². The first-order valence-corrected chi connectivity index (χ1v) is 18.8. The molecule has 2 atom stereocenters. The van der Waals surface area contributed by atoms with E-state index in [0.717, 1.165) is 63.0 Å². The predicted molar refractivity (Wildman–Crippen MR) is 220 cm³/mol. The zero-order valence-electron chi connectivity index (χ0n) is 32.3. The summed E-state index contributed by atoms with van der Waals surface area (Å²) in [5.41, 5.74) is 14.1. The molecule has 4 N–H and O–H groups in total. The number of hydrogen-bond acceptors (Lipinski definition) is 10. The molecule has 2 aromatic carbocycles. The Kier molecular flexibility index (Phi) is 11.8. The smallest absolute Gasteiger partial charge is 0.190 e. The van der Waals surface area contributed by atoms with Gasteiger partial charge >= 0.3 is 0 Å². The molecule has 8 rings (SSSR count). The van der Waals surface area contributed by atoms with Gasteiger partial charge in [0, 0.05) is 27.9 Å². The molecule has 0 aliphatic rings. The highest BCUT2D eigenvalue weighted by atomic mass is 19.1. The quantitative estimate of drug-likeness (QED) is 0.120. The fraction of sp³-hybridized carbons (Fsp3) is 0.227. The van der Waals surface area contributed by atoms with Gasteiger partial charge in [-0.25, -0.2) is 23.7 Å². The average molecular weight is 765 g/mol. The molecule has 6 heterocycles. The number of hydrogen-bond donors (Lipinski definition) is 3. The Morgan fingerprint density at radius 3 is 1.88 bits per heavy atom. The number of aliphatic hydroxyl groups is 2. The second-order valence-corrected chi connectivity index (χ2v) is 14.0. The summed E-state index contributed by atoms with van der Waals surface area (Å²) in [4.78, 5) is 20.5. The van der Waals surface area contributed by atoms with E-state index in [1.54, 1.807) is 12.3 Å². The molecular formula is C44H45FN10O2. The molecular weight excluding hydrogens is 720 g/mol. The second kappa shape index (κ2) is 17.3. The Balaban J connectivity index is 0.000000175. The van der Waals surface area contributed by atoms with Crippen molar-refractivity contribution in [1.82, 2.24) is 44.4 Å². The van der Waals surface area contributed by atoms with Crippen LogP contribution in [0.1, 0.15) is 61.5 Å². The number of rotatable bonds is 11. The van der Waals surface area contributed by atoms with E-state index in [0.29, 0.717) is 28.8 Å². The zero-order valence-corrected chi connectivity index (χ0v) is 32.3. The highest BCUT2D eigenvalue weighted by molar-refractivity contribution is 5.86. The van der Waals surface area contributed by atoms with Crippen LogP contribution in [0.3, 0.4) is 0 Å². The van der Waals surface area contributed by atoms with E-state index in [-0.39, 0.29) is 25.1 Å². The number of fused-ring (bicyclic) bond motifs is 2. The van der Waals surface area contributed by atoms with Crippen LogP contribution in [0.2, 0.25) is 0 Å². The highest BCUT2D eigenvalue weighted by Crippen LogP contribution is 2.29. The van der Waals surface area contributed by atoms with E-state index in [1.807, 2.05) is 66.3 Å². The molecule has 290 valence electrons. The van der Waals surface area contributed by atoms with Gasteiger partial charge in [0.05, 0.1) is 76.8 Å². The summed E-state index contributed by atoms with van der Waals surface area (Å²) in [7, 11) is 4.21. The van der Waals surface area contributed by atoms with Gasteiger partial charge in [-0.2, -0.15) is 10.2 Å². The highest BCUT2D eigenvalue weighted by Gasteiger charge is 2.17. The van der Waals surface area contributed by atoms with Gasteiger partial charge in [0.25, 0.3) is 0 Å². The van der Waals surface area contributed by atoms with E-state index in [4.69, 9.17) is 10.7 Å². The third-order valence-electron chi connectivity index (χ3n) is 9.69. The third-order valence-corrected chi connectivity index (χ3v) is 9.69. The lowest BCUT2D eigenvalue weighted by Gasteiger charge is -2.23. The maximum Gasteiger partial charge on any atom is 0.190 e. The number of halogens is 1. The molecule has 57 heavy (non-hydrogen) atoms. The average Bonchev–Trinajstić information content (AvgIpc) is 3.87. The fourth-order valence-corrected chi connectivity index (χ4v) is 6.69. The summed E-state index contributed by atoms with van der Waals surface area (Å²) in [5, 5.41) is 29.4. The molecule has 12 nitrogen and oxygen atoms in total. The van der Waals surface area contributed by atoms with E-state index >= 15 is 0 Å². The Morgan fingerprint density at radius 2 is 1.26 bits per heavy atom. The predicted octanol–water partition coefficient (Wildman–Crippen LogP) is 7.51. The molecule has 0 spiro atoms. The van der Waals surface area contributed by atoms with Crippen LogP contribution in [0.25, 0.3) is 56.0 Å². The number of pyridine rings is 4. The Hall–Kier alpha value is -6.25. The van der Waals surface area contributed by atoms with Gasteiger partial charge in [-0.05, 0) is 88.1 Å². The van der Waals surface area contributed by atoms with Crippen molar-refractivity contribution >= 4 is 21.8 Å². The largest absolute Gasteiger partial charge is 0.390 e. The summed E-state index contributed by atoms with van der Waals surface area (Å²) < 4.78 is 17.6. The van der Waals surface area contributed by atoms with E-state index in [1.165, 1.54) is 16.8 Å². The minimum absolute atomic E-state index is 0.0472. The molecule has 0 bridgehead atoms. The van der Waals surface area contributed by atoms with E-state index in [9.17, 15) is 14.6 Å². The van der Waals surface area contributed by atoms with Gasteiger partial charge in [0.1, 0.15) is 0 Å². The molecule has 6 aromatic heterocycles. The van der Waals surface area contributed by atoms with Crippen molar-refractivity contribution in [2.75, 3.05) is 14.1 Å². The van der Waals surface area contributed by atoms with Crippen LogP contribution in [0.5, 0.6) is 0 Å². The number of nitrogens with two attached hydrogens (primary N) is 1. The lowest BCUT2D eigenvalue weighted by molar-refractivity contribution is 0.276. The number of aromatic nitrogens is 8. The summed E-state index contributed by atoms with van der Waals surface area (Å²) in [6.45, 7) is 3.72. The molecule has 8 aromatic rings. The summed E-state index contributed by atoms with van der Waals surface area (Å²) in [5.74, 6) is 0.219. The molecule has 0 saturated carbocycles. The SMILES string of the molecule is CC(N)c1cccc(-c2ccc3cnn(-c4nc(CO)ccc4F)c3c2)n1.CCCC(c1cccc(-c2ccc3cnn(-c4cccc(CO)n4)c3c2)n1)N(C)C. The van der Waals surface area contributed by atoms with Crippen molar-refractivity contribution in [3.05, 3.63) is 144 Å². The summed E-state index contributed by atoms with van der Waals surface area (Å²) in [6, 6.07) is 32.4.